The van der Waals surface area contributed by atoms with Crippen molar-refractivity contribution < 1.29 is 19.5 Å². The first-order chi connectivity index (χ1) is 15.6. The summed E-state index contributed by atoms with van der Waals surface area (Å²) in [7, 11) is 0. The van der Waals surface area contributed by atoms with E-state index in [1.54, 1.807) is 5.48 Å². The predicted octanol–water partition coefficient (Wildman–Crippen LogP) is 2.58. The predicted molar refractivity (Wildman–Crippen MR) is 119 cm³/mol. The molecule has 10 nitrogen and oxygen atoms in total. The van der Waals surface area contributed by atoms with Gasteiger partial charge in [0.1, 0.15) is 5.75 Å². The minimum atomic E-state index is -0.423. The van der Waals surface area contributed by atoms with Crippen LogP contribution in [0.5, 0.6) is 5.75 Å². The summed E-state index contributed by atoms with van der Waals surface area (Å²) < 4.78 is 13.2. The first kappa shape index (κ1) is 22.0. The molecule has 1 amide bonds. The van der Waals surface area contributed by atoms with E-state index in [0.29, 0.717) is 37.8 Å². The van der Waals surface area contributed by atoms with Crippen LogP contribution in [0.15, 0.2) is 30.6 Å². The highest BCUT2D eigenvalue weighted by Gasteiger charge is 2.21. The fourth-order valence-electron chi connectivity index (χ4n) is 3.58. The van der Waals surface area contributed by atoms with Gasteiger partial charge in [0.2, 0.25) is 5.91 Å². The Morgan fingerprint density at radius 1 is 1.22 bits per heavy atom. The molecule has 4 rings (SSSR count). The van der Waals surface area contributed by atoms with Gasteiger partial charge >= 0.3 is 0 Å². The Bertz CT molecular complexity index is 1060. The molecule has 1 aliphatic rings. The fraction of sp³-hybridized carbons (Fsp3) is 0.455. The van der Waals surface area contributed by atoms with Gasteiger partial charge in [-0.2, -0.15) is 0 Å². The Morgan fingerprint density at radius 2 is 1.97 bits per heavy atom. The van der Waals surface area contributed by atoms with Crippen molar-refractivity contribution in [3.8, 4) is 17.1 Å². The van der Waals surface area contributed by atoms with E-state index in [2.05, 4.69) is 28.3 Å². The third-order valence-electron chi connectivity index (χ3n) is 5.32. The number of imidazole rings is 1. The van der Waals surface area contributed by atoms with Crippen LogP contribution in [0.1, 0.15) is 32.7 Å². The standard InChI is InChI=1S/C22H28N6O4/c1-15(2)28-14-23-19-21(27-9-12-31-13-10-27)24-20(25-22(19)28)16-5-7-17(8-6-16)32-11-3-4-18(29)26-30/h5-8,14-15,30H,3-4,9-13H2,1-2H3,(H,26,29). The average molecular weight is 441 g/mol. The van der Waals surface area contributed by atoms with E-state index in [1.165, 1.54) is 0 Å². The first-order valence-corrected chi connectivity index (χ1v) is 10.8. The van der Waals surface area contributed by atoms with Gasteiger partial charge in [0.05, 0.1) is 26.1 Å². The van der Waals surface area contributed by atoms with Gasteiger partial charge in [-0.1, -0.05) is 0 Å². The summed E-state index contributed by atoms with van der Waals surface area (Å²) in [5.41, 5.74) is 4.11. The van der Waals surface area contributed by atoms with Gasteiger partial charge in [0, 0.05) is 31.1 Å². The van der Waals surface area contributed by atoms with Crippen LogP contribution in [0.2, 0.25) is 0 Å². The van der Waals surface area contributed by atoms with Crippen LogP contribution < -0.4 is 15.1 Å². The van der Waals surface area contributed by atoms with Gasteiger partial charge in [-0.15, -0.1) is 0 Å². The number of carbonyl (C=O) groups is 1. The minimum absolute atomic E-state index is 0.205. The van der Waals surface area contributed by atoms with Crippen LogP contribution in [0.25, 0.3) is 22.6 Å². The monoisotopic (exact) mass is 440 g/mol. The van der Waals surface area contributed by atoms with Crippen molar-refractivity contribution in [2.75, 3.05) is 37.8 Å². The maximum absolute atomic E-state index is 11.1. The molecule has 32 heavy (non-hydrogen) atoms. The number of hydrogen-bond donors (Lipinski definition) is 2. The molecule has 2 N–H and O–H groups in total. The van der Waals surface area contributed by atoms with Crippen molar-refractivity contribution in [2.24, 2.45) is 0 Å². The van der Waals surface area contributed by atoms with E-state index in [1.807, 2.05) is 30.6 Å². The molecule has 0 atom stereocenters. The number of amides is 1. The smallest absolute Gasteiger partial charge is 0.243 e. The Balaban J connectivity index is 1.59. The van der Waals surface area contributed by atoms with Crippen molar-refractivity contribution in [3.63, 3.8) is 0 Å². The lowest BCUT2D eigenvalue weighted by Gasteiger charge is -2.28. The number of carbonyl (C=O) groups excluding carboxylic acids is 1. The lowest BCUT2D eigenvalue weighted by atomic mass is 10.2. The summed E-state index contributed by atoms with van der Waals surface area (Å²) in [5, 5.41) is 8.53. The van der Waals surface area contributed by atoms with Gasteiger partial charge in [-0.05, 0) is 44.5 Å². The summed E-state index contributed by atoms with van der Waals surface area (Å²) in [6.07, 6.45) is 2.54. The zero-order chi connectivity index (χ0) is 22.5. The molecule has 1 saturated heterocycles. The first-order valence-electron chi connectivity index (χ1n) is 10.8. The third kappa shape index (κ3) is 4.81. The zero-order valence-corrected chi connectivity index (χ0v) is 18.3. The largest absolute Gasteiger partial charge is 0.494 e. The number of nitrogens with zero attached hydrogens (tertiary/aromatic N) is 5. The minimum Gasteiger partial charge on any atom is -0.494 e. The molecular weight excluding hydrogens is 412 g/mol. The molecule has 3 aromatic rings. The lowest BCUT2D eigenvalue weighted by molar-refractivity contribution is -0.129. The normalized spacial score (nSPS) is 14.2. The molecule has 0 saturated carbocycles. The summed E-state index contributed by atoms with van der Waals surface area (Å²) in [5.74, 6) is 1.73. The molecular formula is C22H28N6O4. The summed E-state index contributed by atoms with van der Waals surface area (Å²) in [4.78, 5) is 27.6. The van der Waals surface area contributed by atoms with Gasteiger partial charge in [-0.25, -0.2) is 20.4 Å². The van der Waals surface area contributed by atoms with Crippen molar-refractivity contribution in [1.29, 1.82) is 0 Å². The van der Waals surface area contributed by atoms with E-state index in [4.69, 9.17) is 24.6 Å². The number of ether oxygens (including phenoxy) is 2. The molecule has 0 aliphatic carbocycles. The Hall–Kier alpha value is -3.24. The molecule has 0 radical (unpaired) electrons. The molecule has 0 bridgehead atoms. The van der Waals surface area contributed by atoms with Crippen LogP contribution in [-0.4, -0.2) is 63.5 Å². The second-order valence-electron chi connectivity index (χ2n) is 7.90. The second-order valence-corrected chi connectivity index (χ2v) is 7.90. The van der Waals surface area contributed by atoms with Crippen LogP contribution in [-0.2, 0) is 9.53 Å². The van der Waals surface area contributed by atoms with Crippen molar-refractivity contribution in [3.05, 3.63) is 30.6 Å². The maximum atomic E-state index is 11.1. The molecule has 10 heteroatoms. The van der Waals surface area contributed by atoms with E-state index in [-0.39, 0.29) is 12.5 Å². The van der Waals surface area contributed by atoms with Crippen LogP contribution >= 0.6 is 0 Å². The van der Waals surface area contributed by atoms with Crippen molar-refractivity contribution in [1.82, 2.24) is 25.0 Å². The summed E-state index contributed by atoms with van der Waals surface area (Å²) >= 11 is 0. The fourth-order valence-corrected chi connectivity index (χ4v) is 3.58. The molecule has 170 valence electrons. The van der Waals surface area contributed by atoms with Gasteiger partial charge in [0.15, 0.2) is 22.8 Å². The van der Waals surface area contributed by atoms with Crippen molar-refractivity contribution in [2.45, 2.75) is 32.7 Å². The van der Waals surface area contributed by atoms with E-state index in [0.717, 1.165) is 35.6 Å². The zero-order valence-electron chi connectivity index (χ0n) is 18.3. The molecule has 0 unspecified atom stereocenters. The number of benzene rings is 1. The molecule has 1 fully saturated rings. The third-order valence-corrected chi connectivity index (χ3v) is 5.32. The van der Waals surface area contributed by atoms with Crippen LogP contribution in [0, 0.1) is 0 Å². The topological polar surface area (TPSA) is 115 Å². The number of anilines is 1. The highest BCUT2D eigenvalue weighted by Crippen LogP contribution is 2.29. The average Bonchev–Trinajstić information content (AvgIpc) is 3.26. The highest BCUT2D eigenvalue weighted by atomic mass is 16.5. The molecule has 1 aliphatic heterocycles. The lowest BCUT2D eigenvalue weighted by Crippen LogP contribution is -2.37. The second kappa shape index (κ2) is 9.92. The van der Waals surface area contributed by atoms with Gasteiger partial charge < -0.3 is 18.9 Å². The number of hydroxylamine groups is 1. The summed E-state index contributed by atoms with van der Waals surface area (Å²) in [6, 6.07) is 7.81. The number of hydrogen-bond acceptors (Lipinski definition) is 8. The Morgan fingerprint density at radius 3 is 2.66 bits per heavy atom. The number of rotatable bonds is 8. The number of nitrogens with one attached hydrogen (secondary N) is 1. The molecule has 3 heterocycles. The van der Waals surface area contributed by atoms with E-state index in [9.17, 15) is 4.79 Å². The Labute approximate surface area is 186 Å². The number of fused-ring (bicyclic) bond motifs is 1. The molecule has 2 aromatic heterocycles. The van der Waals surface area contributed by atoms with Crippen LogP contribution in [0.3, 0.4) is 0 Å². The van der Waals surface area contributed by atoms with Gasteiger partial charge in [-0.3, -0.25) is 10.0 Å². The van der Waals surface area contributed by atoms with Crippen LogP contribution in [0.4, 0.5) is 5.82 Å². The number of morpholine rings is 1. The highest BCUT2D eigenvalue weighted by molar-refractivity contribution is 5.86. The number of aromatic nitrogens is 4. The molecule has 1 aromatic carbocycles. The summed E-state index contributed by atoms with van der Waals surface area (Å²) in [6.45, 7) is 7.45. The maximum Gasteiger partial charge on any atom is 0.243 e. The Kier molecular flexibility index (Phi) is 6.81. The SMILES string of the molecule is CC(C)n1cnc2c(N3CCOCC3)nc(-c3ccc(OCCCC(=O)NO)cc3)nc21. The van der Waals surface area contributed by atoms with E-state index < -0.39 is 5.91 Å². The van der Waals surface area contributed by atoms with E-state index >= 15 is 0 Å². The van der Waals surface area contributed by atoms with Gasteiger partial charge in [0.25, 0.3) is 0 Å². The van der Waals surface area contributed by atoms with Crippen molar-refractivity contribution >= 4 is 22.9 Å². The quantitative estimate of drug-likeness (QED) is 0.312. The molecule has 0 spiro atoms.